The Hall–Kier alpha value is -1.99. The third-order valence-electron chi connectivity index (χ3n) is 4.78. The number of guanidine groups is 1. The van der Waals surface area contributed by atoms with Crippen molar-refractivity contribution in [3.05, 3.63) is 24.3 Å². The fourth-order valence-electron chi connectivity index (χ4n) is 3.02. The van der Waals surface area contributed by atoms with Crippen LogP contribution in [-0.4, -0.2) is 76.1 Å². The van der Waals surface area contributed by atoms with Gasteiger partial charge in [0.05, 0.1) is 33.5 Å². The van der Waals surface area contributed by atoms with E-state index in [1.54, 1.807) is 7.11 Å². The molecule has 2 N–H and O–H groups in total. The van der Waals surface area contributed by atoms with Gasteiger partial charge in [0, 0.05) is 31.7 Å². The lowest BCUT2D eigenvalue weighted by atomic mass is 10.0. The van der Waals surface area contributed by atoms with Gasteiger partial charge in [-0.15, -0.1) is 0 Å². The highest BCUT2D eigenvalue weighted by Gasteiger charge is 2.28. The predicted octanol–water partition coefficient (Wildman–Crippen LogP) is 2.13. The third-order valence-corrected chi connectivity index (χ3v) is 4.78. The number of methoxy groups -OCH3 is 1. The van der Waals surface area contributed by atoms with Gasteiger partial charge in [0.1, 0.15) is 11.5 Å². The van der Waals surface area contributed by atoms with Gasteiger partial charge in [0.15, 0.2) is 5.96 Å². The van der Waals surface area contributed by atoms with Crippen molar-refractivity contribution in [1.29, 1.82) is 0 Å². The first-order chi connectivity index (χ1) is 13.5. The topological polar surface area (TPSA) is 67.4 Å². The summed E-state index contributed by atoms with van der Waals surface area (Å²) in [6, 6.07) is 7.65. The van der Waals surface area contributed by atoms with Crippen LogP contribution in [0.1, 0.15) is 27.2 Å². The van der Waals surface area contributed by atoms with Crippen molar-refractivity contribution in [1.82, 2.24) is 15.5 Å². The van der Waals surface area contributed by atoms with E-state index in [-0.39, 0.29) is 5.54 Å². The lowest BCUT2D eigenvalue weighted by Gasteiger charge is -2.39. The van der Waals surface area contributed by atoms with E-state index >= 15 is 0 Å². The fraction of sp³-hybridized carbons (Fsp3) is 0.667. The summed E-state index contributed by atoms with van der Waals surface area (Å²) >= 11 is 0. The van der Waals surface area contributed by atoms with Gasteiger partial charge in [-0.05, 0) is 51.5 Å². The molecule has 2 rings (SSSR count). The van der Waals surface area contributed by atoms with Gasteiger partial charge in [-0.25, -0.2) is 0 Å². The van der Waals surface area contributed by atoms with Gasteiger partial charge in [0.25, 0.3) is 0 Å². The second kappa shape index (κ2) is 11.8. The molecular weight excluding hydrogens is 356 g/mol. The molecule has 7 nitrogen and oxygen atoms in total. The first-order valence-electron chi connectivity index (χ1n) is 10.2. The number of hydrogen-bond acceptors (Lipinski definition) is 5. The van der Waals surface area contributed by atoms with Crippen LogP contribution < -0.4 is 20.1 Å². The van der Waals surface area contributed by atoms with E-state index < -0.39 is 0 Å². The number of benzene rings is 1. The zero-order valence-corrected chi connectivity index (χ0v) is 17.8. The fourth-order valence-corrected chi connectivity index (χ4v) is 3.02. The summed E-state index contributed by atoms with van der Waals surface area (Å²) < 4.78 is 16.4. The van der Waals surface area contributed by atoms with Crippen LogP contribution in [0.4, 0.5) is 0 Å². The van der Waals surface area contributed by atoms with Crippen LogP contribution in [0.15, 0.2) is 29.3 Å². The van der Waals surface area contributed by atoms with Crippen molar-refractivity contribution in [3.63, 3.8) is 0 Å². The first-order valence-corrected chi connectivity index (χ1v) is 10.2. The van der Waals surface area contributed by atoms with E-state index in [2.05, 4.69) is 36.3 Å². The molecule has 0 aliphatic carbocycles. The molecule has 7 heteroatoms. The lowest BCUT2D eigenvalue weighted by Crippen LogP contribution is -2.52. The summed E-state index contributed by atoms with van der Waals surface area (Å²) in [6.07, 6.45) is 0.892. The van der Waals surface area contributed by atoms with Crippen LogP contribution in [0.2, 0.25) is 0 Å². The van der Waals surface area contributed by atoms with E-state index in [4.69, 9.17) is 19.2 Å². The zero-order chi connectivity index (χ0) is 20.2. The Morgan fingerprint density at radius 2 is 1.82 bits per heavy atom. The van der Waals surface area contributed by atoms with Crippen LogP contribution >= 0.6 is 0 Å². The molecule has 0 aromatic heterocycles. The maximum Gasteiger partial charge on any atom is 0.191 e. The molecule has 0 radical (unpaired) electrons. The lowest BCUT2D eigenvalue weighted by molar-refractivity contribution is -0.00683. The molecule has 0 amide bonds. The number of nitrogens with zero attached hydrogens (tertiary/aromatic N) is 2. The quantitative estimate of drug-likeness (QED) is 0.361. The second-order valence-corrected chi connectivity index (χ2v) is 7.41. The summed E-state index contributed by atoms with van der Waals surface area (Å²) in [6.45, 7) is 13.2. The van der Waals surface area contributed by atoms with Crippen molar-refractivity contribution >= 4 is 5.96 Å². The molecule has 0 spiro atoms. The Morgan fingerprint density at radius 1 is 1.14 bits per heavy atom. The van der Waals surface area contributed by atoms with E-state index in [0.717, 1.165) is 69.8 Å². The number of morpholine rings is 1. The number of ether oxygens (including phenoxy) is 3. The highest BCUT2D eigenvalue weighted by atomic mass is 16.5. The number of hydrogen-bond donors (Lipinski definition) is 2. The molecule has 28 heavy (non-hydrogen) atoms. The highest BCUT2D eigenvalue weighted by molar-refractivity contribution is 5.79. The molecule has 1 heterocycles. The van der Waals surface area contributed by atoms with Crippen molar-refractivity contribution in [2.45, 2.75) is 32.7 Å². The maximum absolute atomic E-state index is 5.77. The highest BCUT2D eigenvalue weighted by Crippen LogP contribution is 2.17. The van der Waals surface area contributed by atoms with Crippen LogP contribution in [0.5, 0.6) is 11.5 Å². The van der Waals surface area contributed by atoms with Gasteiger partial charge in [-0.1, -0.05) is 0 Å². The van der Waals surface area contributed by atoms with Gasteiger partial charge in [-0.2, -0.15) is 0 Å². The summed E-state index contributed by atoms with van der Waals surface area (Å²) in [4.78, 5) is 7.24. The Kier molecular flexibility index (Phi) is 9.37. The Bertz CT molecular complexity index is 584. The molecule has 1 aromatic carbocycles. The van der Waals surface area contributed by atoms with Gasteiger partial charge < -0.3 is 24.8 Å². The van der Waals surface area contributed by atoms with E-state index in [1.165, 1.54) is 0 Å². The molecule has 1 aromatic rings. The zero-order valence-electron chi connectivity index (χ0n) is 17.8. The maximum atomic E-state index is 5.77. The average molecular weight is 393 g/mol. The van der Waals surface area contributed by atoms with Crippen molar-refractivity contribution < 1.29 is 14.2 Å². The molecule has 1 aliphatic rings. The Balaban J connectivity index is 1.72. The van der Waals surface area contributed by atoms with Gasteiger partial charge >= 0.3 is 0 Å². The smallest absolute Gasteiger partial charge is 0.191 e. The third kappa shape index (κ3) is 7.56. The minimum absolute atomic E-state index is 0.0175. The average Bonchev–Trinajstić information content (AvgIpc) is 2.73. The normalized spacial score (nSPS) is 15.9. The minimum Gasteiger partial charge on any atom is -0.497 e. The standard InChI is InChI=1S/C21H36N4O3/c1-5-22-20(24-17-21(2,3)25-12-15-27-16-13-25)23-11-6-14-28-19-9-7-18(26-4)8-10-19/h7-10H,5-6,11-17H2,1-4H3,(H2,22,23,24). The number of aliphatic imine (C=N–C) groups is 1. The Labute approximate surface area is 169 Å². The number of rotatable bonds is 10. The molecule has 1 fully saturated rings. The summed E-state index contributed by atoms with van der Waals surface area (Å²) in [7, 11) is 1.66. The molecular formula is C21H36N4O3. The van der Waals surface area contributed by atoms with E-state index in [9.17, 15) is 0 Å². The van der Waals surface area contributed by atoms with Crippen LogP contribution in [0.25, 0.3) is 0 Å². The Morgan fingerprint density at radius 3 is 2.46 bits per heavy atom. The summed E-state index contributed by atoms with van der Waals surface area (Å²) in [5, 5.41) is 6.72. The molecule has 158 valence electrons. The van der Waals surface area contributed by atoms with Crippen molar-refractivity contribution in [3.8, 4) is 11.5 Å². The molecule has 1 saturated heterocycles. The van der Waals surface area contributed by atoms with Crippen molar-refractivity contribution in [2.75, 3.05) is 59.7 Å². The largest absolute Gasteiger partial charge is 0.497 e. The van der Waals surface area contributed by atoms with Crippen LogP contribution in [-0.2, 0) is 4.74 Å². The summed E-state index contributed by atoms with van der Waals surface area (Å²) in [5.41, 5.74) is 0.0175. The van der Waals surface area contributed by atoms with E-state index in [1.807, 2.05) is 24.3 Å². The minimum atomic E-state index is 0.0175. The van der Waals surface area contributed by atoms with Gasteiger partial charge in [0.2, 0.25) is 0 Å². The van der Waals surface area contributed by atoms with Gasteiger partial charge in [-0.3, -0.25) is 9.89 Å². The molecule has 0 unspecified atom stereocenters. The molecule has 0 atom stereocenters. The SMILES string of the molecule is CCNC(=NCC(C)(C)N1CCOCC1)NCCCOc1ccc(OC)cc1. The van der Waals surface area contributed by atoms with Crippen LogP contribution in [0, 0.1) is 0 Å². The number of nitrogens with one attached hydrogen (secondary N) is 2. The first kappa shape index (κ1) is 22.3. The summed E-state index contributed by atoms with van der Waals surface area (Å²) in [5.74, 6) is 2.54. The monoisotopic (exact) mass is 392 g/mol. The van der Waals surface area contributed by atoms with Crippen LogP contribution in [0.3, 0.4) is 0 Å². The van der Waals surface area contributed by atoms with Crippen molar-refractivity contribution in [2.24, 2.45) is 4.99 Å². The molecule has 0 bridgehead atoms. The van der Waals surface area contributed by atoms with E-state index in [0.29, 0.717) is 6.61 Å². The molecule has 0 saturated carbocycles. The second-order valence-electron chi connectivity index (χ2n) is 7.41. The predicted molar refractivity (Wildman–Crippen MR) is 114 cm³/mol. The molecule has 1 aliphatic heterocycles.